The van der Waals surface area contributed by atoms with E-state index in [1.807, 2.05) is 11.8 Å². The van der Waals surface area contributed by atoms with E-state index < -0.39 is 0 Å². The molecule has 1 aromatic rings. The molecule has 0 aliphatic heterocycles. The van der Waals surface area contributed by atoms with Crippen molar-refractivity contribution in [3.8, 4) is 0 Å². The lowest BCUT2D eigenvalue weighted by atomic mass is 10.1. The van der Waals surface area contributed by atoms with Gasteiger partial charge >= 0.3 is 0 Å². The van der Waals surface area contributed by atoms with Crippen LogP contribution in [-0.2, 0) is 6.54 Å². The lowest BCUT2D eigenvalue weighted by molar-refractivity contribution is 0.424. The second kappa shape index (κ2) is 8.30. The molecule has 0 bridgehead atoms. The van der Waals surface area contributed by atoms with Gasteiger partial charge in [0.1, 0.15) is 0 Å². The van der Waals surface area contributed by atoms with Crippen LogP contribution in [0.3, 0.4) is 0 Å². The number of hydrogen-bond acceptors (Lipinski definition) is 3. The zero-order chi connectivity index (χ0) is 16.0. The van der Waals surface area contributed by atoms with Gasteiger partial charge in [-0.25, -0.2) is 0 Å². The van der Waals surface area contributed by atoms with Gasteiger partial charge in [0.2, 0.25) is 0 Å². The van der Waals surface area contributed by atoms with Crippen LogP contribution in [0.5, 0.6) is 0 Å². The first-order chi connectivity index (χ1) is 9.78. The fraction of sp³-hybridized carbons (Fsp3) is 0.647. The summed E-state index contributed by atoms with van der Waals surface area (Å²) in [5, 5.41) is 4.32. The molecule has 21 heavy (non-hydrogen) atoms. The molecule has 1 rings (SSSR count). The third-order valence-electron chi connectivity index (χ3n) is 3.63. The van der Waals surface area contributed by atoms with Gasteiger partial charge in [-0.1, -0.05) is 24.6 Å². The number of anilines is 1. The molecule has 0 saturated heterocycles. The van der Waals surface area contributed by atoms with Crippen molar-refractivity contribution in [1.29, 1.82) is 0 Å². The Hall–Kier alpha value is -0.380. The van der Waals surface area contributed by atoms with Gasteiger partial charge in [0.05, 0.1) is 0 Å². The molecule has 0 fully saturated rings. The number of hydrogen-bond donors (Lipinski definition) is 1. The first-order valence-electron chi connectivity index (χ1n) is 7.53. The summed E-state index contributed by atoms with van der Waals surface area (Å²) in [6, 6.07) is 6.95. The molecule has 1 atom stereocenters. The quantitative estimate of drug-likeness (QED) is 0.773. The van der Waals surface area contributed by atoms with Crippen LogP contribution >= 0.6 is 23.4 Å². The Morgan fingerprint density at radius 3 is 2.48 bits per heavy atom. The monoisotopic (exact) mass is 328 g/mol. The molecule has 0 amide bonds. The van der Waals surface area contributed by atoms with E-state index >= 15 is 0 Å². The standard InChI is InChI=1S/C17H29ClN2S/c1-7-14(12-21-6)20(5)15-9-8-13(16(18)10-15)11-19-17(2,3)4/h8-10,14,19H,7,11-12H2,1-6H3. The molecule has 0 radical (unpaired) electrons. The smallest absolute Gasteiger partial charge is 0.0471 e. The largest absolute Gasteiger partial charge is 0.371 e. The fourth-order valence-corrected chi connectivity index (χ4v) is 3.25. The van der Waals surface area contributed by atoms with Gasteiger partial charge in [-0.05, 0) is 51.1 Å². The Labute approximate surface area is 139 Å². The third-order valence-corrected chi connectivity index (χ3v) is 4.70. The van der Waals surface area contributed by atoms with Crippen molar-refractivity contribution in [1.82, 2.24) is 5.32 Å². The van der Waals surface area contributed by atoms with E-state index in [9.17, 15) is 0 Å². The highest BCUT2D eigenvalue weighted by Gasteiger charge is 2.15. The van der Waals surface area contributed by atoms with Crippen LogP contribution in [0.25, 0.3) is 0 Å². The summed E-state index contributed by atoms with van der Waals surface area (Å²) in [5.41, 5.74) is 2.45. The molecule has 4 heteroatoms. The van der Waals surface area contributed by atoms with E-state index in [0.717, 1.165) is 29.3 Å². The van der Waals surface area contributed by atoms with Crippen LogP contribution in [0.4, 0.5) is 5.69 Å². The maximum Gasteiger partial charge on any atom is 0.0471 e. The lowest BCUT2D eigenvalue weighted by Crippen LogP contribution is -2.35. The first kappa shape index (κ1) is 18.7. The lowest BCUT2D eigenvalue weighted by Gasteiger charge is -2.29. The van der Waals surface area contributed by atoms with Gasteiger partial charge in [0.25, 0.3) is 0 Å². The predicted octanol–water partition coefficient (Wildman–Crippen LogP) is 4.81. The van der Waals surface area contributed by atoms with Crippen LogP contribution in [0.1, 0.15) is 39.7 Å². The van der Waals surface area contributed by atoms with Crippen LogP contribution in [0, 0.1) is 0 Å². The molecular formula is C17H29ClN2S. The van der Waals surface area contributed by atoms with Gasteiger partial charge in [0.15, 0.2) is 0 Å². The topological polar surface area (TPSA) is 15.3 Å². The summed E-state index contributed by atoms with van der Waals surface area (Å²) in [5.74, 6) is 1.14. The van der Waals surface area contributed by atoms with Gasteiger partial charge in [-0.15, -0.1) is 0 Å². The molecule has 2 nitrogen and oxygen atoms in total. The first-order valence-corrected chi connectivity index (χ1v) is 9.31. The van der Waals surface area contributed by atoms with E-state index in [0.29, 0.717) is 6.04 Å². The molecule has 1 aromatic carbocycles. The third kappa shape index (κ3) is 6.09. The van der Waals surface area contributed by atoms with Crippen LogP contribution in [0.2, 0.25) is 5.02 Å². The van der Waals surface area contributed by atoms with Crippen LogP contribution in [0.15, 0.2) is 18.2 Å². The normalized spacial score (nSPS) is 13.3. The van der Waals surface area contributed by atoms with Crippen molar-refractivity contribution in [2.45, 2.75) is 52.2 Å². The zero-order valence-corrected chi connectivity index (χ0v) is 15.7. The molecule has 0 saturated carbocycles. The van der Waals surface area contributed by atoms with E-state index in [4.69, 9.17) is 11.6 Å². The number of benzene rings is 1. The fourth-order valence-electron chi connectivity index (χ4n) is 2.17. The number of rotatable bonds is 7. The molecule has 120 valence electrons. The summed E-state index contributed by atoms with van der Waals surface area (Å²) in [6.07, 6.45) is 3.30. The summed E-state index contributed by atoms with van der Waals surface area (Å²) in [7, 11) is 2.16. The molecule has 0 heterocycles. The SMILES string of the molecule is CCC(CSC)N(C)c1ccc(CNC(C)(C)C)c(Cl)c1. The molecule has 0 aromatic heterocycles. The maximum absolute atomic E-state index is 6.46. The van der Waals surface area contributed by atoms with Crippen molar-refractivity contribution >= 4 is 29.1 Å². The van der Waals surface area contributed by atoms with E-state index in [2.05, 4.69) is 69.4 Å². The number of thioether (sulfide) groups is 1. The Morgan fingerprint density at radius 1 is 1.33 bits per heavy atom. The minimum atomic E-state index is 0.102. The summed E-state index contributed by atoms with van der Waals surface area (Å²) in [6.45, 7) is 9.53. The summed E-state index contributed by atoms with van der Waals surface area (Å²) >= 11 is 8.35. The van der Waals surface area contributed by atoms with E-state index in [-0.39, 0.29) is 5.54 Å². The summed E-state index contributed by atoms with van der Waals surface area (Å²) < 4.78 is 0. The van der Waals surface area contributed by atoms with Gasteiger partial charge < -0.3 is 10.2 Å². The second-order valence-corrected chi connectivity index (χ2v) is 7.83. The second-order valence-electron chi connectivity index (χ2n) is 6.51. The Balaban J connectivity index is 2.81. The van der Waals surface area contributed by atoms with E-state index in [1.165, 1.54) is 5.69 Å². The molecule has 0 spiro atoms. The zero-order valence-electron chi connectivity index (χ0n) is 14.2. The Kier molecular flexibility index (Phi) is 7.38. The van der Waals surface area contributed by atoms with Crippen molar-refractivity contribution < 1.29 is 0 Å². The van der Waals surface area contributed by atoms with Crippen LogP contribution in [-0.4, -0.2) is 30.6 Å². The average Bonchev–Trinajstić information content (AvgIpc) is 2.41. The Morgan fingerprint density at radius 2 is 2.00 bits per heavy atom. The molecule has 1 N–H and O–H groups in total. The predicted molar refractivity (Wildman–Crippen MR) is 98.9 cm³/mol. The van der Waals surface area contributed by atoms with Gasteiger partial charge in [-0.3, -0.25) is 0 Å². The Bertz CT molecular complexity index is 443. The minimum Gasteiger partial charge on any atom is -0.371 e. The van der Waals surface area contributed by atoms with E-state index in [1.54, 1.807) is 0 Å². The van der Waals surface area contributed by atoms with Crippen molar-refractivity contribution in [2.24, 2.45) is 0 Å². The van der Waals surface area contributed by atoms with Crippen molar-refractivity contribution in [3.63, 3.8) is 0 Å². The molecule has 0 aliphatic rings. The number of halogens is 1. The maximum atomic E-state index is 6.46. The number of nitrogens with zero attached hydrogens (tertiary/aromatic N) is 1. The van der Waals surface area contributed by atoms with Gasteiger partial charge in [-0.2, -0.15) is 11.8 Å². The molecular weight excluding hydrogens is 300 g/mol. The van der Waals surface area contributed by atoms with Gasteiger partial charge in [0, 0.05) is 41.6 Å². The minimum absolute atomic E-state index is 0.102. The molecule has 1 unspecified atom stereocenters. The highest BCUT2D eigenvalue weighted by Crippen LogP contribution is 2.26. The molecule has 0 aliphatic carbocycles. The van der Waals surface area contributed by atoms with Crippen LogP contribution < -0.4 is 10.2 Å². The average molecular weight is 329 g/mol. The summed E-state index contributed by atoms with van der Waals surface area (Å²) in [4.78, 5) is 2.34. The highest BCUT2D eigenvalue weighted by molar-refractivity contribution is 7.98. The highest BCUT2D eigenvalue weighted by atomic mass is 35.5. The van der Waals surface area contributed by atoms with Crippen molar-refractivity contribution in [3.05, 3.63) is 28.8 Å². The number of nitrogens with one attached hydrogen (secondary N) is 1. The van der Waals surface area contributed by atoms with Crippen molar-refractivity contribution in [2.75, 3.05) is 24.0 Å².